The Bertz CT molecular complexity index is 373. The molecule has 17 heavy (non-hydrogen) atoms. The van der Waals surface area contributed by atoms with Crippen LogP contribution in [0.5, 0.6) is 0 Å². The van der Waals surface area contributed by atoms with Crippen LogP contribution < -0.4 is 11.1 Å². The van der Waals surface area contributed by atoms with Crippen molar-refractivity contribution in [2.75, 3.05) is 17.6 Å². The lowest BCUT2D eigenvalue weighted by Gasteiger charge is -2.13. The Morgan fingerprint density at radius 2 is 1.94 bits per heavy atom. The molecule has 2 nitrogen and oxygen atoms in total. The van der Waals surface area contributed by atoms with Crippen molar-refractivity contribution < 1.29 is 13.2 Å². The summed E-state index contributed by atoms with van der Waals surface area (Å²) in [7, 11) is 0. The SMILES string of the molecule is C[C](C)CCNc1ccc(C(F)(F)F)cc1N. The molecule has 0 unspecified atom stereocenters. The third-order valence-corrected chi connectivity index (χ3v) is 2.32. The number of anilines is 2. The Kier molecular flexibility index (Phi) is 4.26. The zero-order chi connectivity index (χ0) is 13.1. The van der Waals surface area contributed by atoms with Crippen LogP contribution in [0.1, 0.15) is 25.8 Å². The van der Waals surface area contributed by atoms with Gasteiger partial charge in [0.1, 0.15) is 0 Å². The maximum atomic E-state index is 12.4. The van der Waals surface area contributed by atoms with Crippen LogP contribution in [0.2, 0.25) is 0 Å². The number of hydrogen-bond acceptors (Lipinski definition) is 2. The lowest BCUT2D eigenvalue weighted by Crippen LogP contribution is -2.09. The Morgan fingerprint density at radius 3 is 2.41 bits per heavy atom. The van der Waals surface area contributed by atoms with E-state index in [-0.39, 0.29) is 5.69 Å². The highest BCUT2D eigenvalue weighted by molar-refractivity contribution is 5.67. The van der Waals surface area contributed by atoms with E-state index in [1.54, 1.807) is 0 Å². The fourth-order valence-corrected chi connectivity index (χ4v) is 1.35. The minimum atomic E-state index is -4.35. The van der Waals surface area contributed by atoms with Crippen LogP contribution in [0.25, 0.3) is 0 Å². The fourth-order valence-electron chi connectivity index (χ4n) is 1.35. The molecule has 1 rings (SSSR count). The summed E-state index contributed by atoms with van der Waals surface area (Å²) >= 11 is 0. The van der Waals surface area contributed by atoms with Gasteiger partial charge >= 0.3 is 6.18 Å². The molecule has 0 saturated carbocycles. The Balaban J connectivity index is 2.70. The van der Waals surface area contributed by atoms with Gasteiger partial charge in [-0.05, 0) is 30.5 Å². The van der Waals surface area contributed by atoms with Crippen molar-refractivity contribution in [2.24, 2.45) is 0 Å². The molecule has 0 spiro atoms. The van der Waals surface area contributed by atoms with Crippen LogP contribution >= 0.6 is 0 Å². The van der Waals surface area contributed by atoms with Crippen LogP contribution in [0.4, 0.5) is 24.5 Å². The molecular weight excluding hydrogens is 229 g/mol. The van der Waals surface area contributed by atoms with Crippen LogP contribution in [0, 0.1) is 5.92 Å². The molecule has 5 heteroatoms. The molecule has 0 atom stereocenters. The summed E-state index contributed by atoms with van der Waals surface area (Å²) < 4.78 is 37.1. The summed E-state index contributed by atoms with van der Waals surface area (Å²) in [5.41, 5.74) is 5.50. The third kappa shape index (κ3) is 4.17. The molecule has 0 aliphatic carbocycles. The number of nitrogens with two attached hydrogens (primary N) is 1. The van der Waals surface area contributed by atoms with Crippen LogP contribution in [0.3, 0.4) is 0 Å². The van der Waals surface area contributed by atoms with E-state index < -0.39 is 11.7 Å². The normalized spacial score (nSPS) is 11.9. The van der Waals surface area contributed by atoms with E-state index in [0.29, 0.717) is 12.2 Å². The summed E-state index contributed by atoms with van der Waals surface area (Å²) in [5.74, 6) is 1.25. The predicted octanol–water partition coefficient (Wildman–Crippen LogP) is 3.70. The number of halogens is 3. The van der Waals surface area contributed by atoms with E-state index >= 15 is 0 Å². The summed E-state index contributed by atoms with van der Waals surface area (Å²) in [6.07, 6.45) is -3.49. The lowest BCUT2D eigenvalue weighted by atomic mass is 10.1. The van der Waals surface area contributed by atoms with Crippen molar-refractivity contribution in [3.05, 3.63) is 29.7 Å². The van der Waals surface area contributed by atoms with Crippen molar-refractivity contribution in [2.45, 2.75) is 26.4 Å². The van der Waals surface area contributed by atoms with Crippen LogP contribution in [-0.2, 0) is 6.18 Å². The van der Waals surface area contributed by atoms with Crippen molar-refractivity contribution in [1.29, 1.82) is 0 Å². The molecule has 0 heterocycles. The van der Waals surface area contributed by atoms with E-state index in [0.717, 1.165) is 18.6 Å². The summed E-state index contributed by atoms with van der Waals surface area (Å²) in [6, 6.07) is 3.34. The third-order valence-electron chi connectivity index (χ3n) is 2.32. The fraction of sp³-hybridized carbons (Fsp3) is 0.417. The quantitative estimate of drug-likeness (QED) is 0.794. The van der Waals surface area contributed by atoms with Gasteiger partial charge in [0.15, 0.2) is 0 Å². The van der Waals surface area contributed by atoms with E-state index in [1.807, 2.05) is 13.8 Å². The monoisotopic (exact) mass is 245 g/mol. The standard InChI is InChI=1S/C12H16F3N2/c1-8(2)5-6-17-11-4-3-9(7-10(11)16)12(13,14)15/h3-4,7,17H,5-6,16H2,1-2H3. The van der Waals surface area contributed by atoms with Gasteiger partial charge < -0.3 is 11.1 Å². The lowest BCUT2D eigenvalue weighted by molar-refractivity contribution is -0.137. The molecule has 1 aromatic carbocycles. The van der Waals surface area contributed by atoms with Crippen LogP contribution in [-0.4, -0.2) is 6.54 Å². The van der Waals surface area contributed by atoms with Gasteiger partial charge in [0.2, 0.25) is 0 Å². The first-order valence-corrected chi connectivity index (χ1v) is 5.30. The summed E-state index contributed by atoms with van der Waals surface area (Å²) in [4.78, 5) is 0. The molecule has 1 radical (unpaired) electrons. The zero-order valence-electron chi connectivity index (χ0n) is 9.86. The number of nitrogens with one attached hydrogen (secondary N) is 1. The Labute approximate surface area is 99.0 Å². The van der Waals surface area contributed by atoms with Gasteiger partial charge in [-0.3, -0.25) is 0 Å². The smallest absolute Gasteiger partial charge is 0.397 e. The molecule has 0 saturated heterocycles. The van der Waals surface area contributed by atoms with E-state index in [9.17, 15) is 13.2 Å². The van der Waals surface area contributed by atoms with Crippen molar-refractivity contribution in [1.82, 2.24) is 0 Å². The maximum Gasteiger partial charge on any atom is 0.416 e. The van der Waals surface area contributed by atoms with Gasteiger partial charge in [0, 0.05) is 6.54 Å². The highest BCUT2D eigenvalue weighted by atomic mass is 19.4. The molecule has 1 aromatic rings. The van der Waals surface area contributed by atoms with Crippen LogP contribution in [0.15, 0.2) is 18.2 Å². The Hall–Kier alpha value is -1.39. The van der Waals surface area contributed by atoms with E-state index in [2.05, 4.69) is 5.32 Å². The van der Waals surface area contributed by atoms with E-state index in [1.165, 1.54) is 12.0 Å². The number of alkyl halides is 3. The second-order valence-electron chi connectivity index (χ2n) is 4.18. The maximum absolute atomic E-state index is 12.4. The van der Waals surface area contributed by atoms with Gasteiger partial charge in [0.25, 0.3) is 0 Å². The first kappa shape index (κ1) is 13.7. The van der Waals surface area contributed by atoms with Gasteiger partial charge in [0.05, 0.1) is 16.9 Å². The number of hydrogen-bond donors (Lipinski definition) is 2. The van der Waals surface area contributed by atoms with Crippen molar-refractivity contribution in [3.8, 4) is 0 Å². The van der Waals surface area contributed by atoms with Crippen molar-refractivity contribution >= 4 is 11.4 Å². The molecule has 0 fully saturated rings. The largest absolute Gasteiger partial charge is 0.416 e. The molecule has 0 aliphatic rings. The molecule has 0 bridgehead atoms. The predicted molar refractivity (Wildman–Crippen MR) is 63.6 cm³/mol. The topological polar surface area (TPSA) is 38.0 Å². The minimum absolute atomic E-state index is 0.119. The molecule has 0 aromatic heterocycles. The molecule has 0 amide bonds. The van der Waals surface area contributed by atoms with Gasteiger partial charge in [-0.25, -0.2) is 0 Å². The summed E-state index contributed by atoms with van der Waals surface area (Å²) in [6.45, 7) is 4.66. The van der Waals surface area contributed by atoms with Gasteiger partial charge in [-0.15, -0.1) is 0 Å². The van der Waals surface area contributed by atoms with Gasteiger partial charge in [-0.1, -0.05) is 13.8 Å². The average molecular weight is 245 g/mol. The summed E-state index contributed by atoms with van der Waals surface area (Å²) in [5, 5.41) is 3.01. The molecule has 3 N–H and O–H groups in total. The molecular formula is C12H16F3N2. The van der Waals surface area contributed by atoms with E-state index in [4.69, 9.17) is 5.73 Å². The second kappa shape index (κ2) is 5.29. The number of benzene rings is 1. The minimum Gasteiger partial charge on any atom is -0.397 e. The average Bonchev–Trinajstić information content (AvgIpc) is 2.18. The first-order valence-electron chi connectivity index (χ1n) is 5.30. The highest BCUT2D eigenvalue weighted by Crippen LogP contribution is 2.32. The zero-order valence-corrected chi connectivity index (χ0v) is 9.86. The second-order valence-corrected chi connectivity index (χ2v) is 4.18. The highest BCUT2D eigenvalue weighted by Gasteiger charge is 2.30. The van der Waals surface area contributed by atoms with Gasteiger partial charge in [-0.2, -0.15) is 13.2 Å². The number of nitrogen functional groups attached to an aromatic ring is 1. The molecule has 0 aliphatic heterocycles. The number of rotatable bonds is 4. The van der Waals surface area contributed by atoms with Crippen molar-refractivity contribution in [3.63, 3.8) is 0 Å². The Morgan fingerprint density at radius 1 is 1.29 bits per heavy atom. The first-order chi connectivity index (χ1) is 7.80. The molecule has 95 valence electrons.